The van der Waals surface area contributed by atoms with Crippen molar-refractivity contribution in [2.24, 2.45) is 0 Å². The molecular formula is C27H24F3N5O. The highest BCUT2D eigenvalue weighted by molar-refractivity contribution is 5.94. The number of hydrogen-bond donors (Lipinski definition) is 0. The van der Waals surface area contributed by atoms with Gasteiger partial charge in [0.2, 0.25) is 0 Å². The number of amides is 1. The maximum Gasteiger partial charge on any atom is 0.416 e. The molecule has 0 radical (unpaired) electrons. The van der Waals surface area contributed by atoms with Crippen LogP contribution < -0.4 is 0 Å². The average Bonchev–Trinajstić information content (AvgIpc) is 3.56. The van der Waals surface area contributed by atoms with E-state index < -0.39 is 11.7 Å². The number of carbonyl (C=O) groups excluding carboxylic acids is 1. The third kappa shape index (κ3) is 5.30. The minimum absolute atomic E-state index is 0.0483. The molecule has 0 aliphatic carbocycles. The Hall–Kier alpha value is -4.01. The van der Waals surface area contributed by atoms with Crippen LogP contribution in [0.5, 0.6) is 0 Å². The van der Waals surface area contributed by atoms with Crippen LogP contribution in [0.4, 0.5) is 13.2 Å². The van der Waals surface area contributed by atoms with E-state index in [0.717, 1.165) is 47.5 Å². The first kappa shape index (κ1) is 23.7. The summed E-state index contributed by atoms with van der Waals surface area (Å²) in [6, 6.07) is 18.2. The summed E-state index contributed by atoms with van der Waals surface area (Å²) in [4.78, 5) is 24.0. The van der Waals surface area contributed by atoms with E-state index in [1.54, 1.807) is 11.0 Å². The molecule has 0 spiro atoms. The lowest BCUT2D eigenvalue weighted by Gasteiger charge is -2.25. The molecule has 1 aliphatic heterocycles. The van der Waals surface area contributed by atoms with Gasteiger partial charge in [-0.15, -0.1) is 0 Å². The molecule has 5 rings (SSSR count). The molecule has 0 saturated carbocycles. The number of carbonyl (C=O) groups is 1. The summed E-state index contributed by atoms with van der Waals surface area (Å²) in [5.41, 5.74) is 3.19. The molecule has 1 saturated heterocycles. The number of pyridine rings is 1. The summed E-state index contributed by atoms with van der Waals surface area (Å²) in [7, 11) is 0. The molecular weight excluding hydrogens is 467 g/mol. The Labute approximate surface area is 206 Å². The maximum atomic E-state index is 13.4. The molecule has 1 aliphatic rings. The first-order valence-electron chi connectivity index (χ1n) is 11.7. The van der Waals surface area contributed by atoms with E-state index in [-0.39, 0.29) is 11.9 Å². The van der Waals surface area contributed by atoms with Gasteiger partial charge in [-0.3, -0.25) is 9.78 Å². The maximum absolute atomic E-state index is 13.4. The van der Waals surface area contributed by atoms with E-state index in [9.17, 15) is 18.0 Å². The van der Waals surface area contributed by atoms with Gasteiger partial charge in [0, 0.05) is 24.2 Å². The van der Waals surface area contributed by atoms with Crippen LogP contribution in [0.2, 0.25) is 0 Å². The quantitative estimate of drug-likeness (QED) is 0.367. The van der Waals surface area contributed by atoms with Gasteiger partial charge in [-0.25, -0.2) is 9.67 Å². The lowest BCUT2D eigenvalue weighted by Crippen LogP contribution is -2.31. The third-order valence-electron chi connectivity index (χ3n) is 6.33. The van der Waals surface area contributed by atoms with E-state index in [4.69, 9.17) is 4.98 Å². The Kier molecular flexibility index (Phi) is 6.54. The molecule has 2 aromatic heterocycles. The van der Waals surface area contributed by atoms with Crippen LogP contribution >= 0.6 is 0 Å². The second kappa shape index (κ2) is 9.93. The number of rotatable bonds is 6. The summed E-state index contributed by atoms with van der Waals surface area (Å²) in [5.74, 6) is -0.0483. The fraction of sp³-hybridized carbons (Fsp3) is 0.259. The van der Waals surface area contributed by atoms with E-state index >= 15 is 0 Å². The Balaban J connectivity index is 1.31. The number of alkyl halides is 3. The number of likely N-dealkylation sites (tertiary alicyclic amines) is 1. The van der Waals surface area contributed by atoms with Crippen molar-refractivity contribution < 1.29 is 18.0 Å². The van der Waals surface area contributed by atoms with Crippen LogP contribution in [0.25, 0.3) is 0 Å². The molecule has 1 amide bonds. The van der Waals surface area contributed by atoms with Gasteiger partial charge in [0.05, 0.1) is 23.8 Å². The van der Waals surface area contributed by atoms with E-state index in [1.165, 1.54) is 18.5 Å². The highest BCUT2D eigenvalue weighted by atomic mass is 19.4. The fourth-order valence-electron chi connectivity index (χ4n) is 4.59. The Morgan fingerprint density at radius 3 is 2.56 bits per heavy atom. The van der Waals surface area contributed by atoms with Crippen molar-refractivity contribution >= 4 is 5.91 Å². The summed E-state index contributed by atoms with van der Waals surface area (Å²) in [6.07, 6.45) is 0.847. The van der Waals surface area contributed by atoms with Crippen molar-refractivity contribution in [3.05, 3.63) is 113 Å². The van der Waals surface area contributed by atoms with Gasteiger partial charge in [-0.05, 0) is 60.4 Å². The van der Waals surface area contributed by atoms with Crippen LogP contribution in [-0.2, 0) is 19.1 Å². The van der Waals surface area contributed by atoms with Gasteiger partial charge in [-0.2, -0.15) is 18.3 Å². The van der Waals surface area contributed by atoms with Crippen LogP contribution in [0.1, 0.15) is 57.3 Å². The molecule has 36 heavy (non-hydrogen) atoms. The van der Waals surface area contributed by atoms with Gasteiger partial charge in [0.15, 0.2) is 0 Å². The summed E-state index contributed by atoms with van der Waals surface area (Å²) < 4.78 is 40.3. The van der Waals surface area contributed by atoms with Gasteiger partial charge in [0.1, 0.15) is 12.7 Å². The molecule has 3 heterocycles. The second-order valence-corrected chi connectivity index (χ2v) is 8.88. The topological polar surface area (TPSA) is 63.9 Å². The minimum Gasteiger partial charge on any atom is -0.330 e. The first-order valence-corrected chi connectivity index (χ1v) is 11.7. The van der Waals surface area contributed by atoms with Crippen LogP contribution in [0.3, 0.4) is 0 Å². The van der Waals surface area contributed by atoms with Crippen molar-refractivity contribution in [1.82, 2.24) is 24.6 Å². The molecule has 9 heteroatoms. The lowest BCUT2D eigenvalue weighted by molar-refractivity contribution is -0.137. The Morgan fingerprint density at radius 2 is 1.81 bits per heavy atom. The molecule has 184 valence electrons. The SMILES string of the molecule is O=C(c1cccc(Cn2cncn2)c1)N1CCC[C@@H]1c1cccc(Cc2ccc(C(F)(F)F)cc2)n1. The predicted molar refractivity (Wildman–Crippen MR) is 127 cm³/mol. The van der Waals surface area contributed by atoms with Crippen molar-refractivity contribution in [2.75, 3.05) is 6.54 Å². The van der Waals surface area contributed by atoms with Gasteiger partial charge in [0.25, 0.3) is 5.91 Å². The van der Waals surface area contributed by atoms with Crippen molar-refractivity contribution in [1.29, 1.82) is 0 Å². The molecule has 1 atom stereocenters. The monoisotopic (exact) mass is 491 g/mol. The van der Waals surface area contributed by atoms with Crippen LogP contribution in [-0.4, -0.2) is 37.1 Å². The second-order valence-electron chi connectivity index (χ2n) is 8.88. The van der Waals surface area contributed by atoms with Crippen molar-refractivity contribution in [2.45, 2.75) is 38.0 Å². The molecule has 1 fully saturated rings. The summed E-state index contributed by atoms with van der Waals surface area (Å²) in [5, 5.41) is 4.12. The fourth-order valence-corrected chi connectivity index (χ4v) is 4.59. The lowest BCUT2D eigenvalue weighted by atomic mass is 10.0. The van der Waals surface area contributed by atoms with Gasteiger partial charge >= 0.3 is 6.18 Å². The third-order valence-corrected chi connectivity index (χ3v) is 6.33. The Morgan fingerprint density at radius 1 is 1.00 bits per heavy atom. The van der Waals surface area contributed by atoms with E-state index in [2.05, 4.69) is 10.1 Å². The largest absolute Gasteiger partial charge is 0.416 e. The molecule has 6 nitrogen and oxygen atoms in total. The zero-order valence-corrected chi connectivity index (χ0v) is 19.4. The minimum atomic E-state index is -4.36. The summed E-state index contributed by atoms with van der Waals surface area (Å²) in [6.45, 7) is 1.17. The van der Waals surface area contributed by atoms with Crippen molar-refractivity contribution in [3.63, 3.8) is 0 Å². The molecule has 4 aromatic rings. The van der Waals surface area contributed by atoms with Crippen LogP contribution in [0, 0.1) is 0 Å². The highest BCUT2D eigenvalue weighted by Gasteiger charge is 2.32. The normalized spacial score (nSPS) is 15.9. The van der Waals surface area contributed by atoms with Gasteiger partial charge < -0.3 is 4.90 Å². The summed E-state index contributed by atoms with van der Waals surface area (Å²) >= 11 is 0. The highest BCUT2D eigenvalue weighted by Crippen LogP contribution is 2.33. The smallest absolute Gasteiger partial charge is 0.330 e. The molecule has 0 N–H and O–H groups in total. The number of benzene rings is 2. The molecule has 2 aromatic carbocycles. The molecule has 0 unspecified atom stereocenters. The van der Waals surface area contributed by atoms with Crippen molar-refractivity contribution in [3.8, 4) is 0 Å². The Bertz CT molecular complexity index is 1340. The first-order chi connectivity index (χ1) is 17.4. The van der Waals surface area contributed by atoms with E-state index in [0.29, 0.717) is 25.1 Å². The predicted octanol–water partition coefficient (Wildman–Crippen LogP) is 5.31. The number of halogens is 3. The standard InChI is InChI=1S/C27H24F3N5O/c28-27(29,30)22-11-9-19(10-12-22)15-23-6-2-7-24(33-23)25-8-3-13-35(25)26(36)21-5-1-4-20(14-21)16-34-18-31-17-32-34/h1-2,4-7,9-12,14,17-18,25H,3,8,13,15-16H2/t25-/m1/s1. The van der Waals surface area contributed by atoms with Gasteiger partial charge in [-0.1, -0.05) is 30.3 Å². The molecule has 0 bridgehead atoms. The number of hydrogen-bond acceptors (Lipinski definition) is 4. The number of aromatic nitrogens is 4. The zero-order chi connectivity index (χ0) is 25.1. The van der Waals surface area contributed by atoms with E-state index in [1.807, 2.05) is 47.4 Å². The zero-order valence-electron chi connectivity index (χ0n) is 19.4. The average molecular weight is 492 g/mol. The van der Waals surface area contributed by atoms with Crippen LogP contribution in [0.15, 0.2) is 79.4 Å². The number of nitrogens with zero attached hydrogens (tertiary/aromatic N) is 5.